The van der Waals surface area contributed by atoms with E-state index in [4.69, 9.17) is 11.6 Å². The minimum absolute atomic E-state index is 0.846. The molecule has 2 heteroatoms. The van der Waals surface area contributed by atoms with E-state index in [1.165, 1.54) is 64.2 Å². The van der Waals surface area contributed by atoms with Gasteiger partial charge in [-0.05, 0) is 24.1 Å². The minimum Gasteiger partial charge on any atom is -0.189 e. The van der Waals surface area contributed by atoms with Gasteiger partial charge in [0.1, 0.15) is 6.54 Å². The molecule has 0 aliphatic rings. The van der Waals surface area contributed by atoms with Crippen LogP contribution >= 0.6 is 11.6 Å². The molecule has 1 rings (SSSR count). The lowest BCUT2D eigenvalue weighted by atomic mass is 10.1. The second-order valence-corrected chi connectivity index (χ2v) is 5.79. The Hall–Kier alpha value is -0.560. The zero-order valence-corrected chi connectivity index (χ0v) is 13.2. The summed E-state index contributed by atoms with van der Waals surface area (Å²) < 4.78 is 2.13. The molecular formula is C17H29ClN+. The predicted molar refractivity (Wildman–Crippen MR) is 83.5 cm³/mol. The molecule has 0 N–H and O–H groups in total. The second kappa shape index (κ2) is 11.3. The molecule has 0 aromatic carbocycles. The summed E-state index contributed by atoms with van der Waals surface area (Å²) in [5.41, 5.74) is 0. The molecule has 0 aliphatic carbocycles. The standard InChI is InChI=1S/C17H29ClN/c1-2-3-4-5-6-7-8-9-10-12-15-19-16-13-11-14-17(19)18/h11,13-14,16H,2-10,12,15H2,1H3/q+1. The van der Waals surface area contributed by atoms with Crippen molar-refractivity contribution in [3.05, 3.63) is 29.5 Å². The SMILES string of the molecule is CCCCCCCCCCCC[n+]1ccccc1Cl. The molecule has 108 valence electrons. The zero-order valence-electron chi connectivity index (χ0n) is 12.4. The highest BCUT2D eigenvalue weighted by molar-refractivity contribution is 6.28. The Balaban J connectivity index is 1.90. The van der Waals surface area contributed by atoms with Crippen molar-refractivity contribution in [2.24, 2.45) is 0 Å². The molecule has 0 radical (unpaired) electrons. The Morgan fingerprint density at radius 3 is 2.00 bits per heavy atom. The summed E-state index contributed by atoms with van der Waals surface area (Å²) in [6.07, 6.45) is 15.9. The van der Waals surface area contributed by atoms with Crippen molar-refractivity contribution in [3.8, 4) is 0 Å². The summed E-state index contributed by atoms with van der Waals surface area (Å²) in [5.74, 6) is 0. The number of aromatic nitrogens is 1. The second-order valence-electron chi connectivity index (χ2n) is 5.40. The number of unbranched alkanes of at least 4 members (excludes halogenated alkanes) is 9. The molecule has 0 amide bonds. The van der Waals surface area contributed by atoms with Gasteiger partial charge < -0.3 is 0 Å². The molecule has 1 aromatic heterocycles. The number of halogens is 1. The first kappa shape index (κ1) is 16.5. The fourth-order valence-corrected chi connectivity index (χ4v) is 2.62. The highest BCUT2D eigenvalue weighted by Crippen LogP contribution is 2.10. The van der Waals surface area contributed by atoms with Gasteiger partial charge in [-0.25, -0.2) is 0 Å². The van der Waals surface area contributed by atoms with Crippen molar-refractivity contribution in [2.75, 3.05) is 0 Å². The van der Waals surface area contributed by atoms with Gasteiger partial charge in [0, 0.05) is 18.6 Å². The zero-order chi connectivity index (χ0) is 13.8. The van der Waals surface area contributed by atoms with Crippen LogP contribution in [0.1, 0.15) is 71.1 Å². The fourth-order valence-electron chi connectivity index (χ4n) is 2.41. The smallest absolute Gasteiger partial charge is 0.189 e. The van der Waals surface area contributed by atoms with Gasteiger partial charge in [-0.1, -0.05) is 58.3 Å². The van der Waals surface area contributed by atoms with E-state index >= 15 is 0 Å². The number of pyridine rings is 1. The fraction of sp³-hybridized carbons (Fsp3) is 0.706. The van der Waals surface area contributed by atoms with Crippen LogP contribution in [0.3, 0.4) is 0 Å². The van der Waals surface area contributed by atoms with Crippen molar-refractivity contribution >= 4 is 11.6 Å². The monoisotopic (exact) mass is 282 g/mol. The van der Waals surface area contributed by atoms with Crippen LogP contribution in [0.5, 0.6) is 0 Å². The molecule has 1 nitrogen and oxygen atoms in total. The van der Waals surface area contributed by atoms with Crippen LogP contribution in [0.25, 0.3) is 0 Å². The average Bonchev–Trinajstić information content (AvgIpc) is 2.43. The van der Waals surface area contributed by atoms with Gasteiger partial charge in [0.2, 0.25) is 0 Å². The van der Waals surface area contributed by atoms with Crippen molar-refractivity contribution in [1.29, 1.82) is 0 Å². The summed E-state index contributed by atoms with van der Waals surface area (Å²) in [4.78, 5) is 0. The van der Waals surface area contributed by atoms with E-state index in [2.05, 4.69) is 17.7 Å². The summed E-state index contributed by atoms with van der Waals surface area (Å²) in [6, 6.07) is 5.98. The molecule has 0 saturated heterocycles. The lowest BCUT2D eigenvalue weighted by Crippen LogP contribution is -2.34. The van der Waals surface area contributed by atoms with Gasteiger partial charge in [0.05, 0.1) is 0 Å². The molecule has 1 heterocycles. The van der Waals surface area contributed by atoms with Gasteiger partial charge in [-0.15, -0.1) is 0 Å². The molecule has 0 bridgehead atoms. The molecule has 0 aliphatic heterocycles. The Labute approximate surface area is 124 Å². The maximum absolute atomic E-state index is 6.11. The normalized spacial score (nSPS) is 10.8. The summed E-state index contributed by atoms with van der Waals surface area (Å²) in [6.45, 7) is 3.33. The van der Waals surface area contributed by atoms with Gasteiger partial charge in [0.15, 0.2) is 6.20 Å². The van der Waals surface area contributed by atoms with Crippen LogP contribution in [0.15, 0.2) is 24.4 Å². The number of hydrogen-bond donors (Lipinski definition) is 0. The first-order valence-electron chi connectivity index (χ1n) is 7.98. The molecule has 0 unspecified atom stereocenters. The number of rotatable bonds is 11. The molecule has 19 heavy (non-hydrogen) atoms. The third-order valence-corrected chi connectivity index (χ3v) is 3.98. The average molecular weight is 283 g/mol. The molecule has 0 atom stereocenters. The minimum atomic E-state index is 0.846. The summed E-state index contributed by atoms with van der Waals surface area (Å²) in [5, 5.41) is 0.846. The first-order chi connectivity index (χ1) is 9.34. The summed E-state index contributed by atoms with van der Waals surface area (Å²) in [7, 11) is 0. The van der Waals surface area contributed by atoms with Crippen LogP contribution in [0.4, 0.5) is 0 Å². The topological polar surface area (TPSA) is 3.88 Å². The van der Waals surface area contributed by atoms with Gasteiger partial charge >= 0.3 is 0 Å². The van der Waals surface area contributed by atoms with Crippen LogP contribution in [-0.4, -0.2) is 0 Å². The van der Waals surface area contributed by atoms with Crippen molar-refractivity contribution < 1.29 is 4.57 Å². The van der Waals surface area contributed by atoms with Gasteiger partial charge in [-0.3, -0.25) is 0 Å². The van der Waals surface area contributed by atoms with E-state index in [9.17, 15) is 0 Å². The highest BCUT2D eigenvalue weighted by Gasteiger charge is 2.04. The predicted octanol–water partition coefficient (Wildman–Crippen LogP) is 5.55. The third kappa shape index (κ3) is 8.26. The van der Waals surface area contributed by atoms with E-state index in [1.54, 1.807) is 0 Å². The Morgan fingerprint density at radius 2 is 1.42 bits per heavy atom. The molecular weight excluding hydrogens is 254 g/mol. The van der Waals surface area contributed by atoms with Crippen molar-refractivity contribution in [1.82, 2.24) is 0 Å². The van der Waals surface area contributed by atoms with Crippen molar-refractivity contribution in [3.63, 3.8) is 0 Å². The maximum Gasteiger partial charge on any atom is 0.274 e. The Morgan fingerprint density at radius 1 is 0.842 bits per heavy atom. The number of nitrogens with zero attached hydrogens (tertiary/aromatic N) is 1. The van der Waals surface area contributed by atoms with Gasteiger partial charge in [-0.2, -0.15) is 4.57 Å². The van der Waals surface area contributed by atoms with E-state index < -0.39 is 0 Å². The van der Waals surface area contributed by atoms with E-state index in [0.717, 1.165) is 11.7 Å². The van der Waals surface area contributed by atoms with Gasteiger partial charge in [0.25, 0.3) is 5.15 Å². The van der Waals surface area contributed by atoms with Crippen molar-refractivity contribution in [2.45, 2.75) is 77.7 Å². The maximum atomic E-state index is 6.11. The lowest BCUT2D eigenvalue weighted by molar-refractivity contribution is -0.695. The first-order valence-corrected chi connectivity index (χ1v) is 8.36. The number of aryl methyl sites for hydroxylation is 1. The van der Waals surface area contributed by atoms with Crippen LogP contribution in [0.2, 0.25) is 5.15 Å². The highest BCUT2D eigenvalue weighted by atomic mass is 35.5. The summed E-state index contributed by atoms with van der Waals surface area (Å²) >= 11 is 6.11. The van der Waals surface area contributed by atoms with E-state index in [1.807, 2.05) is 18.2 Å². The molecule has 1 aromatic rings. The van der Waals surface area contributed by atoms with E-state index in [0.29, 0.717) is 0 Å². The van der Waals surface area contributed by atoms with Crippen LogP contribution in [-0.2, 0) is 6.54 Å². The number of hydrogen-bond acceptors (Lipinski definition) is 0. The largest absolute Gasteiger partial charge is 0.274 e. The van der Waals surface area contributed by atoms with Crippen LogP contribution < -0.4 is 4.57 Å². The Kier molecular flexibility index (Phi) is 9.79. The van der Waals surface area contributed by atoms with Crippen LogP contribution in [0, 0.1) is 0 Å². The quantitative estimate of drug-likeness (QED) is 0.285. The van der Waals surface area contributed by atoms with E-state index in [-0.39, 0.29) is 0 Å². The Bertz CT molecular complexity index is 325. The molecule has 0 fully saturated rings. The lowest BCUT2D eigenvalue weighted by Gasteiger charge is -2.01. The molecule has 0 saturated carbocycles. The third-order valence-electron chi connectivity index (χ3n) is 3.64. The molecule has 0 spiro atoms.